The van der Waals surface area contributed by atoms with Crippen molar-refractivity contribution in [2.24, 2.45) is 0 Å². The second-order valence-corrected chi connectivity index (χ2v) is 23.0. The van der Waals surface area contributed by atoms with Gasteiger partial charge in [0.05, 0.1) is 28.1 Å². The van der Waals surface area contributed by atoms with E-state index in [0.717, 1.165) is 68.0 Å². The van der Waals surface area contributed by atoms with Crippen LogP contribution in [0.25, 0.3) is 55.7 Å². The number of pyridine rings is 3. The van der Waals surface area contributed by atoms with Crippen molar-refractivity contribution in [3.8, 4) is 22.6 Å². The first-order valence-electron chi connectivity index (χ1n) is 15.1. The molecule has 0 aliphatic carbocycles. The molecule has 7 rings (SSSR count). The molecule has 5 heterocycles. The molecule has 0 N–H and O–H groups in total. The van der Waals surface area contributed by atoms with Crippen molar-refractivity contribution in [1.82, 2.24) is 24.5 Å². The van der Waals surface area contributed by atoms with Crippen LogP contribution in [0.15, 0.2) is 83.5 Å². The Kier molecular flexibility index (Phi) is 9.73. The van der Waals surface area contributed by atoms with E-state index in [9.17, 15) is 0 Å². The van der Waals surface area contributed by atoms with Gasteiger partial charge in [-0.3, -0.25) is 9.97 Å². The number of hydrogen-bond acceptors (Lipinski definition) is 5. The van der Waals surface area contributed by atoms with Crippen molar-refractivity contribution >= 4 is 50.8 Å². The average Bonchev–Trinajstić information content (AvgIpc) is 3.58. The third-order valence-corrected chi connectivity index (χ3v) is 12.1. The number of rotatable bonds is 5. The summed E-state index contributed by atoms with van der Waals surface area (Å²) in [6.45, 7) is 9.23. The minimum Gasteiger partial charge on any atom is 0 e. The maximum atomic E-state index is 6.02. The molecule has 8 heteroatoms. The SMILES string of the molecule is CCn1c(-c2[c-]cc3c(c2)oc2nc(C)ccc23)nc2ccnc(C(C)C)c21.[CH3][Ge]([CH3])([CH3])[c]1ccc(-c2[c-]cccc2)nc1.[Ir]. The third-order valence-electron chi connectivity index (χ3n) is 7.81. The second kappa shape index (κ2) is 13.4. The monoisotopic (exact) mass is 834 g/mol. The molecule has 45 heavy (non-hydrogen) atoms. The fourth-order valence-electron chi connectivity index (χ4n) is 5.41. The Balaban J connectivity index is 0.000000202. The molecular formula is C37H37GeIrN5O-2. The Hall–Kier alpha value is -3.65. The van der Waals surface area contributed by atoms with Crippen molar-refractivity contribution < 1.29 is 24.5 Å². The smallest absolute Gasteiger partial charge is 0 e. The predicted octanol–water partition coefficient (Wildman–Crippen LogP) is 8.74. The Morgan fingerprint density at radius 2 is 1.73 bits per heavy atom. The third kappa shape index (κ3) is 6.67. The quantitative estimate of drug-likeness (QED) is 0.128. The van der Waals surface area contributed by atoms with Crippen LogP contribution < -0.4 is 4.40 Å². The van der Waals surface area contributed by atoms with Crippen LogP contribution in [0, 0.1) is 19.1 Å². The topological polar surface area (TPSA) is 69.6 Å². The summed E-state index contributed by atoms with van der Waals surface area (Å²) in [7, 11) is 0. The van der Waals surface area contributed by atoms with E-state index < -0.39 is 13.3 Å². The fourth-order valence-corrected chi connectivity index (χ4v) is 7.58. The summed E-state index contributed by atoms with van der Waals surface area (Å²) in [5.74, 6) is 8.36. The van der Waals surface area contributed by atoms with Gasteiger partial charge in [0.15, 0.2) is 0 Å². The molecule has 0 bridgehead atoms. The summed E-state index contributed by atoms with van der Waals surface area (Å²) in [4.78, 5) is 18.6. The number of aromatic nitrogens is 5. The van der Waals surface area contributed by atoms with Crippen molar-refractivity contribution in [3.05, 3.63) is 103 Å². The predicted molar refractivity (Wildman–Crippen MR) is 183 cm³/mol. The summed E-state index contributed by atoms with van der Waals surface area (Å²) in [5.41, 5.74) is 8.54. The standard InChI is InChI=1S/C23H21N4O.C14H16GeN.Ir/c1-5-27-21-18(10-11-24-20(21)13(2)3)26-22(27)15-7-9-16-17-8-6-14(4)25-23(17)28-19(16)12-15;1-15(2,3)13-9-10-14(16-11-13)12-7-5-4-6-8-12;/h6,8-13H,5H2,1-4H3;4-7,9-11H,1-3H3;/q2*-1;. The Morgan fingerprint density at radius 3 is 2.40 bits per heavy atom. The molecule has 6 nitrogen and oxygen atoms in total. The molecule has 0 amide bonds. The molecule has 231 valence electrons. The van der Waals surface area contributed by atoms with Crippen LogP contribution >= 0.6 is 0 Å². The van der Waals surface area contributed by atoms with Gasteiger partial charge in [0, 0.05) is 43.9 Å². The summed E-state index contributed by atoms with van der Waals surface area (Å²) in [6, 6.07) is 28.9. The molecule has 0 saturated heterocycles. The Morgan fingerprint density at radius 1 is 0.911 bits per heavy atom. The molecule has 0 unspecified atom stereocenters. The molecule has 0 aliphatic rings. The van der Waals surface area contributed by atoms with E-state index in [-0.39, 0.29) is 20.1 Å². The van der Waals surface area contributed by atoms with Gasteiger partial charge < -0.3 is 8.98 Å². The molecular weight excluding hydrogens is 795 g/mol. The van der Waals surface area contributed by atoms with Gasteiger partial charge in [0.25, 0.3) is 0 Å². The summed E-state index contributed by atoms with van der Waals surface area (Å²) >= 11 is -1.72. The first-order valence-corrected chi connectivity index (χ1v) is 22.5. The van der Waals surface area contributed by atoms with Crippen LogP contribution in [-0.2, 0) is 26.7 Å². The number of benzene rings is 2. The molecule has 2 aromatic carbocycles. The number of aryl methyl sites for hydroxylation is 2. The van der Waals surface area contributed by atoms with Crippen LogP contribution in [0.3, 0.4) is 0 Å². The molecule has 1 radical (unpaired) electrons. The van der Waals surface area contributed by atoms with Crippen molar-refractivity contribution in [3.63, 3.8) is 0 Å². The number of furan rings is 1. The van der Waals surface area contributed by atoms with Crippen LogP contribution in [0.1, 0.15) is 38.1 Å². The first kappa shape index (κ1) is 32.7. The maximum absolute atomic E-state index is 6.02. The van der Waals surface area contributed by atoms with Crippen molar-refractivity contribution in [2.75, 3.05) is 0 Å². The van der Waals surface area contributed by atoms with Crippen LogP contribution in [-0.4, -0.2) is 37.8 Å². The largest absolute Gasteiger partial charge is 0 e. The summed E-state index contributed by atoms with van der Waals surface area (Å²) < 4.78 is 9.69. The minimum absolute atomic E-state index is 0. The van der Waals surface area contributed by atoms with Gasteiger partial charge in [-0.1, -0.05) is 31.4 Å². The molecule has 0 aliphatic heterocycles. The van der Waals surface area contributed by atoms with E-state index in [4.69, 9.17) is 9.40 Å². The van der Waals surface area contributed by atoms with Crippen LogP contribution in [0.2, 0.25) is 17.3 Å². The van der Waals surface area contributed by atoms with Crippen LogP contribution in [0.5, 0.6) is 0 Å². The number of imidazole rings is 1. The minimum atomic E-state index is -1.72. The zero-order valence-electron chi connectivity index (χ0n) is 26.8. The van der Waals surface area contributed by atoms with Gasteiger partial charge in [-0.25, -0.2) is 4.98 Å². The molecule has 0 saturated carbocycles. The zero-order valence-corrected chi connectivity index (χ0v) is 31.3. The molecule has 7 aromatic rings. The van der Waals surface area contributed by atoms with E-state index in [1.165, 1.54) is 4.40 Å². The number of fused-ring (bicyclic) bond motifs is 4. The van der Waals surface area contributed by atoms with E-state index in [1.54, 1.807) is 0 Å². The van der Waals surface area contributed by atoms with Gasteiger partial charge in [-0.15, -0.1) is 17.7 Å². The number of hydrogen-bond donors (Lipinski definition) is 0. The van der Waals surface area contributed by atoms with Gasteiger partial charge in [0.1, 0.15) is 0 Å². The van der Waals surface area contributed by atoms with Crippen molar-refractivity contribution in [2.45, 2.75) is 57.4 Å². The molecule has 0 spiro atoms. The first-order chi connectivity index (χ1) is 21.1. The van der Waals surface area contributed by atoms with Gasteiger partial charge in [-0.2, -0.15) is 0 Å². The second-order valence-electron chi connectivity index (χ2n) is 12.4. The molecule has 0 atom stereocenters. The van der Waals surface area contributed by atoms with E-state index in [1.807, 2.05) is 67.8 Å². The maximum Gasteiger partial charge on any atom is 0 e. The van der Waals surface area contributed by atoms with Crippen LogP contribution in [0.4, 0.5) is 0 Å². The average molecular weight is 833 g/mol. The Labute approximate surface area is 281 Å². The van der Waals surface area contributed by atoms with E-state index in [0.29, 0.717) is 11.6 Å². The zero-order chi connectivity index (χ0) is 31.0. The molecule has 5 aromatic heterocycles. The van der Waals surface area contributed by atoms with Gasteiger partial charge >= 0.3 is 99.8 Å². The number of nitrogens with zero attached hydrogens (tertiary/aromatic N) is 5. The fraction of sp³-hybridized carbons (Fsp3) is 0.243. The summed E-state index contributed by atoms with van der Waals surface area (Å²) in [6.07, 6.45) is 3.88. The normalized spacial score (nSPS) is 11.6. The summed E-state index contributed by atoms with van der Waals surface area (Å²) in [5, 5.41) is 2.04. The Bertz CT molecular complexity index is 2080. The van der Waals surface area contributed by atoms with Gasteiger partial charge in [-0.05, 0) is 31.9 Å². The van der Waals surface area contributed by atoms with E-state index >= 15 is 0 Å². The molecule has 0 fully saturated rings. The van der Waals surface area contributed by atoms with Crippen molar-refractivity contribution in [1.29, 1.82) is 0 Å². The van der Waals surface area contributed by atoms with Gasteiger partial charge in [0.2, 0.25) is 5.71 Å². The van der Waals surface area contributed by atoms with E-state index in [2.05, 4.69) is 87.9 Å².